The molecule has 0 bridgehead atoms. The molecule has 24 heavy (non-hydrogen) atoms. The van der Waals surface area contributed by atoms with Crippen LogP contribution in [0.5, 0.6) is 0 Å². The molecular weight excluding hydrogens is 305 g/mol. The van der Waals surface area contributed by atoms with E-state index in [0.29, 0.717) is 11.5 Å². The summed E-state index contributed by atoms with van der Waals surface area (Å²) in [5, 5.41) is 4.40. The van der Waals surface area contributed by atoms with Crippen LogP contribution in [-0.4, -0.2) is 34.2 Å². The first-order chi connectivity index (χ1) is 11.5. The molecule has 1 heterocycles. The zero-order valence-electron chi connectivity index (χ0n) is 14.5. The Balaban J connectivity index is 1.90. The van der Waals surface area contributed by atoms with Gasteiger partial charge in [-0.15, -0.1) is 0 Å². The van der Waals surface area contributed by atoms with Gasteiger partial charge in [-0.05, 0) is 48.9 Å². The van der Waals surface area contributed by atoms with Crippen molar-refractivity contribution in [3.05, 3.63) is 47.5 Å². The first-order valence-electron chi connectivity index (χ1n) is 8.56. The maximum absolute atomic E-state index is 13.2. The molecule has 0 atom stereocenters. The van der Waals surface area contributed by atoms with Crippen molar-refractivity contribution in [3.8, 4) is 5.69 Å². The van der Waals surface area contributed by atoms with Crippen LogP contribution in [0.15, 0.2) is 30.5 Å². The molecule has 1 saturated carbocycles. The molecule has 0 radical (unpaired) electrons. The standard InChI is InChI=1S/C19H24FN3O/c1-13(2)18-17(19(24)22(3)12-14-5-4-6-14)11-21-23(18)16-9-7-15(20)8-10-16/h7-11,13-14H,4-6,12H2,1-3H3. The summed E-state index contributed by atoms with van der Waals surface area (Å²) in [4.78, 5) is 14.7. The Morgan fingerprint density at radius 3 is 2.54 bits per heavy atom. The van der Waals surface area contributed by atoms with Gasteiger partial charge in [-0.25, -0.2) is 9.07 Å². The fourth-order valence-electron chi connectivity index (χ4n) is 3.22. The van der Waals surface area contributed by atoms with E-state index >= 15 is 0 Å². The minimum Gasteiger partial charge on any atom is -0.341 e. The SMILES string of the molecule is CC(C)c1c(C(=O)N(C)CC2CCC2)cnn1-c1ccc(F)cc1. The summed E-state index contributed by atoms with van der Waals surface area (Å²) < 4.78 is 14.9. The molecule has 5 heteroatoms. The van der Waals surface area contributed by atoms with Gasteiger partial charge in [0.1, 0.15) is 5.82 Å². The van der Waals surface area contributed by atoms with E-state index in [1.807, 2.05) is 25.8 Å². The van der Waals surface area contributed by atoms with E-state index < -0.39 is 0 Å². The van der Waals surface area contributed by atoms with Crippen LogP contribution in [0.2, 0.25) is 0 Å². The van der Waals surface area contributed by atoms with Gasteiger partial charge in [-0.2, -0.15) is 5.10 Å². The average Bonchev–Trinajstić information content (AvgIpc) is 2.95. The number of hydrogen-bond acceptors (Lipinski definition) is 2. The number of benzene rings is 1. The summed E-state index contributed by atoms with van der Waals surface area (Å²) in [5.74, 6) is 0.495. The van der Waals surface area contributed by atoms with Crippen molar-refractivity contribution in [2.24, 2.45) is 5.92 Å². The molecule has 4 nitrogen and oxygen atoms in total. The van der Waals surface area contributed by atoms with Crippen LogP contribution >= 0.6 is 0 Å². The second-order valence-electron chi connectivity index (χ2n) is 6.97. The van der Waals surface area contributed by atoms with Gasteiger partial charge in [-0.1, -0.05) is 20.3 Å². The van der Waals surface area contributed by atoms with Crippen LogP contribution in [0, 0.1) is 11.7 Å². The van der Waals surface area contributed by atoms with Crippen LogP contribution in [0.25, 0.3) is 5.69 Å². The van der Waals surface area contributed by atoms with Gasteiger partial charge in [-0.3, -0.25) is 4.79 Å². The quantitative estimate of drug-likeness (QED) is 0.831. The molecule has 0 saturated heterocycles. The molecule has 1 aliphatic carbocycles. The number of aromatic nitrogens is 2. The highest BCUT2D eigenvalue weighted by Gasteiger charge is 2.26. The van der Waals surface area contributed by atoms with Crippen molar-refractivity contribution in [1.82, 2.24) is 14.7 Å². The van der Waals surface area contributed by atoms with Gasteiger partial charge in [0.15, 0.2) is 0 Å². The average molecular weight is 329 g/mol. The highest BCUT2D eigenvalue weighted by Crippen LogP contribution is 2.28. The maximum Gasteiger partial charge on any atom is 0.257 e. The zero-order chi connectivity index (χ0) is 17.3. The smallest absolute Gasteiger partial charge is 0.257 e. The fraction of sp³-hybridized carbons (Fsp3) is 0.474. The lowest BCUT2D eigenvalue weighted by Gasteiger charge is -2.30. The van der Waals surface area contributed by atoms with Gasteiger partial charge in [0.05, 0.1) is 23.1 Å². The van der Waals surface area contributed by atoms with Gasteiger partial charge >= 0.3 is 0 Å². The summed E-state index contributed by atoms with van der Waals surface area (Å²) in [6, 6.07) is 6.18. The normalized spacial score (nSPS) is 14.7. The second kappa shape index (κ2) is 6.75. The predicted molar refractivity (Wildman–Crippen MR) is 91.9 cm³/mol. The number of halogens is 1. The monoisotopic (exact) mass is 329 g/mol. The van der Waals surface area contributed by atoms with Gasteiger partial charge in [0.2, 0.25) is 0 Å². The van der Waals surface area contributed by atoms with Crippen molar-refractivity contribution >= 4 is 5.91 Å². The van der Waals surface area contributed by atoms with E-state index in [1.165, 1.54) is 31.4 Å². The molecule has 0 unspecified atom stereocenters. The van der Waals surface area contributed by atoms with E-state index in [9.17, 15) is 9.18 Å². The molecule has 3 rings (SSSR count). The topological polar surface area (TPSA) is 38.1 Å². The Hall–Kier alpha value is -2.17. The van der Waals surface area contributed by atoms with Gasteiger partial charge in [0.25, 0.3) is 5.91 Å². The third-order valence-electron chi connectivity index (χ3n) is 4.76. The molecule has 0 N–H and O–H groups in total. The lowest BCUT2D eigenvalue weighted by atomic mass is 9.85. The molecule has 1 amide bonds. The Bertz CT molecular complexity index is 717. The number of amides is 1. The third kappa shape index (κ3) is 3.21. The van der Waals surface area contributed by atoms with Crippen LogP contribution < -0.4 is 0 Å². The van der Waals surface area contributed by atoms with E-state index in [2.05, 4.69) is 5.10 Å². The minimum atomic E-state index is -0.284. The molecule has 1 aromatic heterocycles. The van der Waals surface area contributed by atoms with Gasteiger partial charge in [0, 0.05) is 13.6 Å². The molecule has 1 aliphatic rings. The first kappa shape index (κ1) is 16.7. The number of carbonyl (C=O) groups is 1. The summed E-state index contributed by atoms with van der Waals surface area (Å²) in [5.41, 5.74) is 2.27. The molecule has 2 aromatic rings. The number of nitrogens with zero attached hydrogens (tertiary/aromatic N) is 3. The third-order valence-corrected chi connectivity index (χ3v) is 4.76. The molecular formula is C19H24FN3O. The minimum absolute atomic E-state index is 0.0129. The molecule has 128 valence electrons. The molecule has 1 aromatic carbocycles. The first-order valence-corrected chi connectivity index (χ1v) is 8.56. The Morgan fingerprint density at radius 1 is 1.33 bits per heavy atom. The van der Waals surface area contributed by atoms with E-state index in [4.69, 9.17) is 0 Å². The van der Waals surface area contributed by atoms with Crippen molar-refractivity contribution in [2.45, 2.75) is 39.0 Å². The van der Waals surface area contributed by atoms with Crippen molar-refractivity contribution < 1.29 is 9.18 Å². The number of carbonyl (C=O) groups excluding carboxylic acids is 1. The summed E-state index contributed by atoms with van der Waals surface area (Å²) in [6.45, 7) is 4.89. The zero-order valence-corrected chi connectivity index (χ0v) is 14.5. The molecule has 0 spiro atoms. The number of rotatable bonds is 5. The maximum atomic E-state index is 13.2. The summed E-state index contributed by atoms with van der Waals surface area (Å²) in [7, 11) is 1.86. The Kier molecular flexibility index (Phi) is 4.69. The Morgan fingerprint density at radius 2 is 2.00 bits per heavy atom. The van der Waals surface area contributed by atoms with Crippen molar-refractivity contribution in [3.63, 3.8) is 0 Å². The molecule has 1 fully saturated rings. The van der Waals surface area contributed by atoms with Crippen LogP contribution in [0.4, 0.5) is 4.39 Å². The fourth-order valence-corrected chi connectivity index (χ4v) is 3.22. The highest BCUT2D eigenvalue weighted by atomic mass is 19.1. The highest BCUT2D eigenvalue weighted by molar-refractivity contribution is 5.95. The number of hydrogen-bond donors (Lipinski definition) is 0. The predicted octanol–water partition coefficient (Wildman–Crippen LogP) is 4.01. The summed E-state index contributed by atoms with van der Waals surface area (Å²) in [6.07, 6.45) is 5.33. The van der Waals surface area contributed by atoms with Crippen LogP contribution in [0.1, 0.15) is 55.1 Å². The van der Waals surface area contributed by atoms with E-state index in [-0.39, 0.29) is 17.6 Å². The van der Waals surface area contributed by atoms with E-state index in [0.717, 1.165) is 17.9 Å². The lowest BCUT2D eigenvalue weighted by Crippen LogP contribution is -2.34. The van der Waals surface area contributed by atoms with Crippen molar-refractivity contribution in [2.75, 3.05) is 13.6 Å². The van der Waals surface area contributed by atoms with Crippen LogP contribution in [-0.2, 0) is 0 Å². The Labute approximate surface area is 142 Å². The second-order valence-corrected chi connectivity index (χ2v) is 6.97. The molecule has 0 aliphatic heterocycles. The summed E-state index contributed by atoms with van der Waals surface area (Å²) >= 11 is 0. The van der Waals surface area contributed by atoms with E-state index in [1.54, 1.807) is 23.0 Å². The van der Waals surface area contributed by atoms with Crippen molar-refractivity contribution in [1.29, 1.82) is 0 Å². The van der Waals surface area contributed by atoms with Gasteiger partial charge < -0.3 is 4.90 Å². The largest absolute Gasteiger partial charge is 0.341 e. The van der Waals surface area contributed by atoms with Crippen LogP contribution in [0.3, 0.4) is 0 Å². The lowest BCUT2D eigenvalue weighted by molar-refractivity contribution is 0.0743.